The van der Waals surface area contributed by atoms with Crippen molar-refractivity contribution in [3.05, 3.63) is 77.0 Å². The number of imidazole rings is 1. The Balaban J connectivity index is 1.34. The molecule has 176 valence electrons. The van der Waals surface area contributed by atoms with Crippen molar-refractivity contribution in [3.63, 3.8) is 0 Å². The highest BCUT2D eigenvalue weighted by Gasteiger charge is 2.46. The van der Waals surface area contributed by atoms with E-state index in [-0.39, 0.29) is 17.9 Å². The normalized spacial score (nSPS) is 15.6. The number of nitriles is 1. The Morgan fingerprint density at radius 2 is 2.00 bits per heavy atom. The number of hydrogen-bond donors (Lipinski definition) is 1. The summed E-state index contributed by atoms with van der Waals surface area (Å²) in [5.74, 6) is 0.954. The van der Waals surface area contributed by atoms with Gasteiger partial charge in [-0.3, -0.25) is 9.30 Å². The number of nitrogens with one attached hydrogen (secondary N) is 1. The molecule has 0 amide bonds. The molecule has 0 bridgehead atoms. The second-order valence-electron chi connectivity index (χ2n) is 9.39. The van der Waals surface area contributed by atoms with E-state index in [2.05, 4.69) is 64.6 Å². The first-order valence-electron chi connectivity index (χ1n) is 11.7. The number of rotatable bonds is 6. The van der Waals surface area contributed by atoms with Gasteiger partial charge >= 0.3 is 0 Å². The highest BCUT2D eigenvalue weighted by Crippen LogP contribution is 2.49. The molecule has 0 saturated heterocycles. The summed E-state index contributed by atoms with van der Waals surface area (Å²) in [6.45, 7) is 0.811. The van der Waals surface area contributed by atoms with Crippen molar-refractivity contribution >= 4 is 11.6 Å². The number of ether oxygens (including phenoxy) is 1. The molecule has 1 aliphatic carbocycles. The minimum atomic E-state index is -0.274. The van der Waals surface area contributed by atoms with Gasteiger partial charge in [-0.25, -0.2) is 14.4 Å². The van der Waals surface area contributed by atoms with Crippen molar-refractivity contribution < 1.29 is 9.13 Å². The van der Waals surface area contributed by atoms with E-state index in [9.17, 15) is 9.65 Å². The molecule has 1 aliphatic heterocycles. The highest BCUT2D eigenvalue weighted by molar-refractivity contribution is 5.78. The smallest absolute Gasteiger partial charge is 0.208 e. The molecule has 0 unspecified atom stereocenters. The third-order valence-corrected chi connectivity index (χ3v) is 7.28. The van der Waals surface area contributed by atoms with E-state index in [1.807, 2.05) is 0 Å². The van der Waals surface area contributed by atoms with Crippen molar-refractivity contribution in [1.29, 1.82) is 5.26 Å². The van der Waals surface area contributed by atoms with Gasteiger partial charge in [-0.15, -0.1) is 0 Å². The Kier molecular flexibility index (Phi) is 4.97. The second kappa shape index (κ2) is 8.07. The minimum absolute atomic E-state index is 0.138. The standard InChI is InChI=1S/C27H25FN6O/c1-33(2)27(10-11-27)18-5-3-17(4-6-18)21-14-30-26(34-16-19(13-29)32-25(21)34)31-15-22-20-9-12-35-24(20)8-7-23(22)28/h3-8,14,16H,9-12,15H2,1-2H3,(H,30,31). The van der Waals surface area contributed by atoms with Gasteiger partial charge in [0.1, 0.15) is 17.6 Å². The number of nitrogens with zero attached hydrogens (tertiary/aromatic N) is 5. The molecule has 0 radical (unpaired) electrons. The van der Waals surface area contributed by atoms with Gasteiger partial charge in [-0.2, -0.15) is 5.26 Å². The van der Waals surface area contributed by atoms with Crippen LogP contribution >= 0.6 is 0 Å². The first kappa shape index (κ1) is 21.6. The molecule has 8 heteroatoms. The molecular weight excluding hydrogens is 443 g/mol. The average molecular weight is 469 g/mol. The number of anilines is 1. The Morgan fingerprint density at radius 1 is 1.20 bits per heavy atom. The van der Waals surface area contributed by atoms with Crippen molar-refractivity contribution in [1.82, 2.24) is 19.3 Å². The Morgan fingerprint density at radius 3 is 2.71 bits per heavy atom. The Hall–Kier alpha value is -3.96. The summed E-state index contributed by atoms with van der Waals surface area (Å²) >= 11 is 0. The third kappa shape index (κ3) is 3.51. The van der Waals surface area contributed by atoms with Crippen molar-refractivity contribution in [2.45, 2.75) is 31.3 Å². The largest absolute Gasteiger partial charge is 0.493 e. The molecule has 1 N–H and O–H groups in total. The first-order chi connectivity index (χ1) is 17.0. The number of benzene rings is 2. The maximum Gasteiger partial charge on any atom is 0.208 e. The van der Waals surface area contributed by atoms with Crippen LogP contribution in [0.3, 0.4) is 0 Å². The molecule has 3 heterocycles. The Bertz CT molecular complexity index is 1480. The van der Waals surface area contributed by atoms with Gasteiger partial charge in [0.05, 0.1) is 12.8 Å². The van der Waals surface area contributed by atoms with Crippen molar-refractivity contribution in [3.8, 4) is 22.9 Å². The molecule has 35 heavy (non-hydrogen) atoms. The molecule has 1 fully saturated rings. The molecule has 4 aromatic rings. The fourth-order valence-corrected chi connectivity index (χ4v) is 5.11. The van der Waals surface area contributed by atoms with E-state index in [0.717, 1.165) is 35.3 Å². The lowest BCUT2D eigenvalue weighted by Gasteiger charge is -2.24. The van der Waals surface area contributed by atoms with Crippen LogP contribution in [0.4, 0.5) is 10.3 Å². The molecule has 2 aliphatic rings. The number of hydrogen-bond acceptors (Lipinski definition) is 6. The number of fused-ring (bicyclic) bond motifs is 2. The summed E-state index contributed by atoms with van der Waals surface area (Å²) in [4.78, 5) is 11.4. The zero-order valence-electron chi connectivity index (χ0n) is 19.7. The topological polar surface area (TPSA) is 78.5 Å². The van der Waals surface area contributed by atoms with Gasteiger partial charge in [0.2, 0.25) is 5.95 Å². The van der Waals surface area contributed by atoms with Crippen LogP contribution in [0.5, 0.6) is 5.75 Å². The highest BCUT2D eigenvalue weighted by atomic mass is 19.1. The number of halogens is 1. The van der Waals surface area contributed by atoms with Crippen LogP contribution < -0.4 is 10.1 Å². The molecule has 6 rings (SSSR count). The van der Waals surface area contributed by atoms with Crippen LogP contribution in [-0.2, 0) is 18.5 Å². The lowest BCUT2D eigenvalue weighted by Crippen LogP contribution is -2.27. The SMILES string of the molecule is CN(C)C1(c2ccc(-c3cnc(NCc4c(F)ccc5c4CCO5)n4cc(C#N)nc34)cc2)CC1. The summed E-state index contributed by atoms with van der Waals surface area (Å²) < 4.78 is 21.9. The molecule has 2 aromatic heterocycles. The van der Waals surface area contributed by atoms with Gasteiger partial charge in [-0.05, 0) is 50.2 Å². The summed E-state index contributed by atoms with van der Waals surface area (Å²) in [5, 5.41) is 12.7. The lowest BCUT2D eigenvalue weighted by atomic mass is 10.00. The first-order valence-corrected chi connectivity index (χ1v) is 11.7. The van der Waals surface area contributed by atoms with Gasteiger partial charge in [0.15, 0.2) is 11.3 Å². The zero-order chi connectivity index (χ0) is 24.2. The van der Waals surface area contributed by atoms with E-state index in [1.54, 1.807) is 22.9 Å². The predicted octanol–water partition coefficient (Wildman–Crippen LogP) is 4.50. The van der Waals surface area contributed by atoms with E-state index in [0.29, 0.717) is 35.9 Å². The fraction of sp³-hybridized carbons (Fsp3) is 0.296. The molecule has 0 atom stereocenters. The van der Waals surface area contributed by atoms with E-state index >= 15 is 0 Å². The van der Waals surface area contributed by atoms with Gasteiger partial charge in [0.25, 0.3) is 0 Å². The van der Waals surface area contributed by atoms with Crippen molar-refractivity contribution in [2.24, 2.45) is 0 Å². The summed E-state index contributed by atoms with van der Waals surface area (Å²) in [6, 6.07) is 13.7. The molecule has 0 spiro atoms. The maximum atomic E-state index is 14.6. The summed E-state index contributed by atoms with van der Waals surface area (Å²) in [6.07, 6.45) is 6.42. The van der Waals surface area contributed by atoms with Crippen molar-refractivity contribution in [2.75, 3.05) is 26.0 Å². The molecule has 7 nitrogen and oxygen atoms in total. The lowest BCUT2D eigenvalue weighted by molar-refractivity contribution is 0.276. The van der Waals surface area contributed by atoms with Gasteiger partial charge in [-0.1, -0.05) is 24.3 Å². The monoisotopic (exact) mass is 468 g/mol. The van der Waals surface area contributed by atoms with Gasteiger partial charge in [0, 0.05) is 41.4 Å². The quantitative estimate of drug-likeness (QED) is 0.449. The van der Waals surface area contributed by atoms with Crippen LogP contribution in [0.15, 0.2) is 48.8 Å². The van der Waals surface area contributed by atoms with E-state index in [4.69, 9.17) is 4.74 Å². The maximum absolute atomic E-state index is 14.6. The van der Waals surface area contributed by atoms with E-state index in [1.165, 1.54) is 11.6 Å². The molecule has 2 aromatic carbocycles. The summed E-state index contributed by atoms with van der Waals surface area (Å²) in [5.41, 5.74) is 5.64. The van der Waals surface area contributed by atoms with Crippen LogP contribution in [0.1, 0.15) is 35.2 Å². The minimum Gasteiger partial charge on any atom is -0.493 e. The van der Waals surface area contributed by atoms with Crippen LogP contribution in [0.2, 0.25) is 0 Å². The predicted molar refractivity (Wildman–Crippen MR) is 131 cm³/mol. The molecular formula is C27H25FN6O. The number of aromatic nitrogens is 3. The second-order valence-corrected chi connectivity index (χ2v) is 9.39. The van der Waals surface area contributed by atoms with Crippen LogP contribution in [-0.4, -0.2) is 40.0 Å². The van der Waals surface area contributed by atoms with Crippen LogP contribution in [0.25, 0.3) is 16.8 Å². The van der Waals surface area contributed by atoms with Crippen LogP contribution in [0, 0.1) is 17.1 Å². The average Bonchev–Trinajstić information content (AvgIpc) is 3.35. The molecule has 1 saturated carbocycles. The fourth-order valence-electron chi connectivity index (χ4n) is 5.11. The summed E-state index contributed by atoms with van der Waals surface area (Å²) in [7, 11) is 4.24. The third-order valence-electron chi connectivity index (χ3n) is 7.28. The zero-order valence-corrected chi connectivity index (χ0v) is 19.7. The van der Waals surface area contributed by atoms with E-state index < -0.39 is 0 Å². The van der Waals surface area contributed by atoms with Gasteiger partial charge < -0.3 is 10.1 Å². The Labute approximate surface area is 202 Å².